The molecule has 2 heteroatoms. The molecule has 1 saturated carbocycles. The molecule has 1 aliphatic rings. The summed E-state index contributed by atoms with van der Waals surface area (Å²) in [5.74, 6) is 1.16. The minimum atomic E-state index is -0.0493. The summed E-state index contributed by atoms with van der Waals surface area (Å²) in [5.41, 5.74) is 0.376. The molecule has 1 nitrogen and oxygen atoms in total. The number of benzene rings is 1. The highest BCUT2D eigenvalue weighted by Gasteiger charge is 2.33. The summed E-state index contributed by atoms with van der Waals surface area (Å²) in [6.45, 7) is 2.31. The van der Waals surface area contributed by atoms with Crippen molar-refractivity contribution in [3.8, 4) is 0 Å². The van der Waals surface area contributed by atoms with Crippen LogP contribution in [0.3, 0.4) is 0 Å². The van der Waals surface area contributed by atoms with Crippen molar-refractivity contribution in [3.05, 3.63) is 30.3 Å². The van der Waals surface area contributed by atoms with Gasteiger partial charge in [-0.25, -0.2) is 0 Å². The molecule has 0 aromatic heterocycles. The first kappa shape index (κ1) is 12.0. The summed E-state index contributed by atoms with van der Waals surface area (Å²) in [6.07, 6.45) is 4.33. The predicted molar refractivity (Wildman–Crippen MR) is 69.7 cm³/mol. The molecule has 0 radical (unpaired) electrons. The lowest BCUT2D eigenvalue weighted by atomic mass is 9.86. The van der Waals surface area contributed by atoms with E-state index in [1.54, 1.807) is 0 Å². The molecule has 1 N–H and O–H groups in total. The van der Waals surface area contributed by atoms with Gasteiger partial charge in [-0.1, -0.05) is 25.1 Å². The molecule has 1 aromatic rings. The number of aliphatic hydroxyl groups is 1. The van der Waals surface area contributed by atoms with Crippen LogP contribution in [0, 0.1) is 5.41 Å². The third-order valence-electron chi connectivity index (χ3n) is 3.53. The Balaban J connectivity index is 1.76. The van der Waals surface area contributed by atoms with E-state index in [0.717, 1.165) is 18.6 Å². The maximum absolute atomic E-state index is 9.57. The van der Waals surface area contributed by atoms with Gasteiger partial charge in [0.15, 0.2) is 0 Å². The highest BCUT2D eigenvalue weighted by Crippen LogP contribution is 2.41. The van der Waals surface area contributed by atoms with Gasteiger partial charge in [0.2, 0.25) is 0 Å². The second-order valence-electron chi connectivity index (χ2n) is 5.12. The molecule has 0 saturated heterocycles. The van der Waals surface area contributed by atoms with Crippen molar-refractivity contribution in [1.82, 2.24) is 0 Å². The molecule has 2 rings (SSSR count). The second-order valence-corrected chi connectivity index (χ2v) is 6.29. The van der Waals surface area contributed by atoms with Crippen LogP contribution in [-0.2, 0) is 0 Å². The standard InChI is InChI=1S/C14H20OS/c1-14(8-7-12(15)11-14)9-10-16-13-5-3-2-4-6-13/h2-6,12,15H,7-11H2,1H3. The van der Waals surface area contributed by atoms with Crippen molar-refractivity contribution in [2.45, 2.75) is 43.6 Å². The average Bonchev–Trinajstić information content (AvgIpc) is 2.60. The predicted octanol–water partition coefficient (Wildman–Crippen LogP) is 3.72. The Hall–Kier alpha value is -0.470. The highest BCUT2D eigenvalue weighted by atomic mass is 32.2. The molecule has 16 heavy (non-hydrogen) atoms. The summed E-state index contributed by atoms with van der Waals surface area (Å²) < 4.78 is 0. The van der Waals surface area contributed by atoms with E-state index < -0.39 is 0 Å². The van der Waals surface area contributed by atoms with Gasteiger partial charge in [0.05, 0.1) is 6.10 Å². The first-order valence-electron chi connectivity index (χ1n) is 6.04. The SMILES string of the molecule is CC1(CCSc2ccccc2)CCC(O)C1. The Morgan fingerprint density at radius 3 is 2.75 bits per heavy atom. The van der Waals surface area contributed by atoms with Crippen LogP contribution in [0.1, 0.15) is 32.6 Å². The molecule has 88 valence electrons. The van der Waals surface area contributed by atoms with Crippen LogP contribution in [0.25, 0.3) is 0 Å². The van der Waals surface area contributed by atoms with Gasteiger partial charge >= 0.3 is 0 Å². The Kier molecular flexibility index (Phi) is 3.93. The number of rotatable bonds is 4. The molecule has 0 heterocycles. The number of aliphatic hydroxyl groups excluding tert-OH is 1. The molecule has 1 aromatic carbocycles. The Morgan fingerprint density at radius 1 is 1.38 bits per heavy atom. The van der Waals surface area contributed by atoms with Crippen molar-refractivity contribution >= 4 is 11.8 Å². The fourth-order valence-electron chi connectivity index (χ4n) is 2.45. The van der Waals surface area contributed by atoms with Crippen molar-refractivity contribution in [3.63, 3.8) is 0 Å². The zero-order valence-electron chi connectivity index (χ0n) is 9.86. The summed E-state index contributed by atoms with van der Waals surface area (Å²) in [6, 6.07) is 10.6. The molecule has 1 fully saturated rings. The summed E-state index contributed by atoms with van der Waals surface area (Å²) in [7, 11) is 0. The second kappa shape index (κ2) is 5.24. The maximum atomic E-state index is 9.57. The third-order valence-corrected chi connectivity index (χ3v) is 4.54. The molecular formula is C14H20OS. The first-order valence-corrected chi connectivity index (χ1v) is 7.02. The van der Waals surface area contributed by atoms with Crippen LogP contribution in [0.2, 0.25) is 0 Å². The van der Waals surface area contributed by atoms with Crippen molar-refractivity contribution in [1.29, 1.82) is 0 Å². The minimum absolute atomic E-state index is 0.0493. The molecular weight excluding hydrogens is 216 g/mol. The van der Waals surface area contributed by atoms with E-state index in [-0.39, 0.29) is 6.10 Å². The summed E-state index contributed by atoms with van der Waals surface area (Å²) in [5, 5.41) is 9.57. The van der Waals surface area contributed by atoms with Crippen molar-refractivity contribution in [2.75, 3.05) is 5.75 Å². The van der Waals surface area contributed by atoms with Crippen LogP contribution < -0.4 is 0 Å². The van der Waals surface area contributed by atoms with E-state index >= 15 is 0 Å². The smallest absolute Gasteiger partial charge is 0.0545 e. The quantitative estimate of drug-likeness (QED) is 0.804. The minimum Gasteiger partial charge on any atom is -0.393 e. The molecule has 0 bridgehead atoms. The molecule has 0 amide bonds. The van der Waals surface area contributed by atoms with Crippen molar-refractivity contribution in [2.24, 2.45) is 5.41 Å². The number of thioether (sulfide) groups is 1. The van der Waals surface area contributed by atoms with Crippen LogP contribution in [0.15, 0.2) is 35.2 Å². The molecule has 2 atom stereocenters. The van der Waals surface area contributed by atoms with Gasteiger partial charge in [-0.05, 0) is 49.0 Å². The van der Waals surface area contributed by atoms with Gasteiger partial charge in [0.25, 0.3) is 0 Å². The van der Waals surface area contributed by atoms with E-state index in [1.807, 2.05) is 11.8 Å². The van der Waals surface area contributed by atoms with E-state index in [0.29, 0.717) is 5.41 Å². The maximum Gasteiger partial charge on any atom is 0.0545 e. The third kappa shape index (κ3) is 3.26. The van der Waals surface area contributed by atoms with Crippen molar-refractivity contribution < 1.29 is 5.11 Å². The first-order chi connectivity index (χ1) is 7.68. The summed E-state index contributed by atoms with van der Waals surface area (Å²) in [4.78, 5) is 1.35. The van der Waals surface area contributed by atoms with Gasteiger partial charge in [-0.2, -0.15) is 0 Å². The fourth-order valence-corrected chi connectivity index (χ4v) is 3.63. The Morgan fingerprint density at radius 2 is 2.12 bits per heavy atom. The van der Waals surface area contributed by atoms with Crippen LogP contribution in [0.4, 0.5) is 0 Å². The molecule has 2 unspecified atom stereocenters. The Labute approximate surface area is 102 Å². The normalized spacial score (nSPS) is 29.5. The van der Waals surface area contributed by atoms with Gasteiger partial charge in [-0.3, -0.25) is 0 Å². The van der Waals surface area contributed by atoms with Crippen LogP contribution in [0.5, 0.6) is 0 Å². The van der Waals surface area contributed by atoms with Gasteiger partial charge in [0, 0.05) is 4.90 Å². The zero-order chi connectivity index (χ0) is 11.4. The summed E-state index contributed by atoms with van der Waals surface area (Å²) >= 11 is 1.93. The topological polar surface area (TPSA) is 20.2 Å². The van der Waals surface area contributed by atoms with E-state index in [9.17, 15) is 5.11 Å². The lowest BCUT2D eigenvalue weighted by Crippen LogP contribution is -2.14. The monoisotopic (exact) mass is 236 g/mol. The lowest BCUT2D eigenvalue weighted by molar-refractivity contribution is 0.163. The van der Waals surface area contributed by atoms with Gasteiger partial charge < -0.3 is 5.11 Å². The van der Waals surface area contributed by atoms with E-state index in [4.69, 9.17) is 0 Å². The zero-order valence-corrected chi connectivity index (χ0v) is 10.7. The molecule has 0 spiro atoms. The largest absolute Gasteiger partial charge is 0.393 e. The van der Waals surface area contributed by atoms with E-state index in [2.05, 4.69) is 37.3 Å². The molecule has 0 aliphatic heterocycles. The Bertz CT molecular complexity index is 325. The van der Waals surface area contributed by atoms with Crippen LogP contribution in [-0.4, -0.2) is 17.0 Å². The van der Waals surface area contributed by atoms with E-state index in [1.165, 1.54) is 17.7 Å². The van der Waals surface area contributed by atoms with Gasteiger partial charge in [-0.15, -0.1) is 11.8 Å². The fraction of sp³-hybridized carbons (Fsp3) is 0.571. The van der Waals surface area contributed by atoms with Crippen LogP contribution >= 0.6 is 11.8 Å². The lowest BCUT2D eigenvalue weighted by Gasteiger charge is -2.23. The molecule has 1 aliphatic carbocycles. The number of hydrogen-bond acceptors (Lipinski definition) is 2. The average molecular weight is 236 g/mol. The highest BCUT2D eigenvalue weighted by molar-refractivity contribution is 7.99. The van der Waals surface area contributed by atoms with Gasteiger partial charge in [0.1, 0.15) is 0 Å². The number of hydrogen-bond donors (Lipinski definition) is 1.